The van der Waals surface area contributed by atoms with Gasteiger partial charge < -0.3 is 19.9 Å². The lowest BCUT2D eigenvalue weighted by atomic mass is 9.46. The standard InChI is InChI=1S/C64H83F2NO8/c1-8-41(37(2)3)18-17-38(4)49-23-24-50-46-22-20-43-32-40(27-29-63(43,6)51(46)28-30-64(49,50)7)13-10-9-11-14-44(68)15-12-16-55(69)54(25-26-60(72)73)67-62(74)42-19-21-45(39(5)31-42)61-47-33-52(65)56(70)35-58(47)75-59-36-57(71)53(66)34-48(59)61/h19-21,31,33-38,40-41,46,49-51,54,70H,8-18,22-30,32H2,1-7H3,(H,67,74)(H,72,73)/t38-,40+,41-,46-,49?,50+,51?,54+,63?,64?/m1/s1. The normalized spacial score (nSPS) is 25.5. The Hall–Kier alpha value is -5.19. The van der Waals surface area contributed by atoms with Crippen molar-refractivity contribution in [2.24, 2.45) is 58.2 Å². The second-order valence-electron chi connectivity index (χ2n) is 24.6. The van der Waals surface area contributed by atoms with Crippen molar-refractivity contribution >= 4 is 34.4 Å². The Bertz CT molecular complexity index is 2810. The summed E-state index contributed by atoms with van der Waals surface area (Å²) in [5, 5.41) is 22.4. The molecule has 4 unspecified atom stereocenters. The van der Waals surface area contributed by atoms with Crippen molar-refractivity contribution in [1.29, 1.82) is 0 Å². The summed E-state index contributed by atoms with van der Waals surface area (Å²) in [6, 6.07) is 7.59. The molecule has 75 heavy (non-hydrogen) atoms. The summed E-state index contributed by atoms with van der Waals surface area (Å²) >= 11 is 0. The van der Waals surface area contributed by atoms with Crippen LogP contribution in [0.1, 0.15) is 192 Å². The highest BCUT2D eigenvalue weighted by atomic mass is 19.1. The SMILES string of the molecule is CC[C@H](CC[C@@H](C)C1CC[C@H]2[C@H]3CC=C4C[C@@H](CCCCCC(=O)CCCC(=O)[C@H](CCC(=O)O)NC(=O)c5ccc(-c6c7cc(F)c(=O)cc-7oc7cc(O)c(F)cc67)c(C)c5)CCC4(C)C3CCC12C)C(C)C. The third kappa shape index (κ3) is 12.0. The first-order valence-electron chi connectivity index (χ1n) is 28.7. The molecule has 0 spiro atoms. The summed E-state index contributed by atoms with van der Waals surface area (Å²) in [5.74, 6) is 1.92. The first kappa shape index (κ1) is 56.0. The average molecular weight is 1030 g/mol. The van der Waals surface area contributed by atoms with E-state index in [1.165, 1.54) is 89.2 Å². The maximum Gasteiger partial charge on any atom is 0.303 e. The number of halogens is 2. The maximum absolute atomic E-state index is 14.7. The largest absolute Gasteiger partial charge is 0.505 e. The molecule has 10 atom stereocenters. The van der Waals surface area contributed by atoms with E-state index in [4.69, 9.17) is 4.42 Å². The van der Waals surface area contributed by atoms with E-state index in [2.05, 4.69) is 52.9 Å². The number of phenolic OH excluding ortho intramolecular Hbond substituents is 1. The van der Waals surface area contributed by atoms with Crippen LogP contribution in [0.2, 0.25) is 0 Å². The molecule has 0 saturated heterocycles. The molecular weight excluding hydrogens is 949 g/mol. The molecule has 1 aliphatic heterocycles. The van der Waals surface area contributed by atoms with E-state index < -0.39 is 40.7 Å². The number of carboxylic acid groups (broad SMARTS) is 1. The number of nitrogens with one attached hydrogen (secondary N) is 1. The number of ketones is 2. The van der Waals surface area contributed by atoms with Crippen molar-refractivity contribution in [2.45, 2.75) is 189 Å². The quantitative estimate of drug-likeness (QED) is 0.0377. The zero-order chi connectivity index (χ0) is 53.9. The fourth-order valence-corrected chi connectivity index (χ4v) is 15.4. The predicted octanol–water partition coefficient (Wildman–Crippen LogP) is 15.4. The Morgan fingerprint density at radius 1 is 0.827 bits per heavy atom. The van der Waals surface area contributed by atoms with Gasteiger partial charge in [0.1, 0.15) is 17.1 Å². The van der Waals surface area contributed by atoms with E-state index in [0.717, 1.165) is 85.0 Å². The molecule has 1 amide bonds. The fraction of sp³-hybridized carbons (Fsp3) is 0.609. The van der Waals surface area contributed by atoms with E-state index in [-0.39, 0.29) is 65.1 Å². The molecule has 6 aliphatic rings. The van der Waals surface area contributed by atoms with Crippen LogP contribution in [-0.2, 0) is 14.4 Å². The van der Waals surface area contributed by atoms with Gasteiger partial charge in [0.2, 0.25) is 5.43 Å². The van der Waals surface area contributed by atoms with Crippen molar-refractivity contribution in [1.82, 2.24) is 5.32 Å². The highest BCUT2D eigenvalue weighted by Gasteiger charge is 2.59. The van der Waals surface area contributed by atoms with Gasteiger partial charge in [0.05, 0.1) is 6.04 Å². The van der Waals surface area contributed by atoms with Gasteiger partial charge in [0.25, 0.3) is 5.91 Å². The average Bonchev–Trinajstić information content (AvgIpc) is 3.73. The van der Waals surface area contributed by atoms with E-state index in [1.807, 2.05) is 0 Å². The van der Waals surface area contributed by atoms with E-state index in [0.29, 0.717) is 46.3 Å². The highest BCUT2D eigenvalue weighted by molar-refractivity contribution is 6.04. The van der Waals surface area contributed by atoms with Crippen LogP contribution in [0.25, 0.3) is 33.4 Å². The van der Waals surface area contributed by atoms with Crippen LogP contribution in [-0.4, -0.2) is 39.7 Å². The number of aliphatic carboxylic acids is 1. The third-order valence-corrected chi connectivity index (χ3v) is 19.8. The van der Waals surface area contributed by atoms with Crippen molar-refractivity contribution in [3.8, 4) is 28.2 Å². The molecule has 406 valence electrons. The van der Waals surface area contributed by atoms with Crippen molar-refractivity contribution in [3.63, 3.8) is 0 Å². The number of rotatable bonds is 23. The first-order chi connectivity index (χ1) is 35.7. The van der Waals surface area contributed by atoms with Gasteiger partial charge in [-0.3, -0.25) is 24.0 Å². The van der Waals surface area contributed by atoms with E-state index >= 15 is 0 Å². The summed E-state index contributed by atoms with van der Waals surface area (Å²) in [6.07, 6.45) is 22.2. The number of carbonyl (C=O) groups excluding carboxylic acids is 3. The van der Waals surface area contributed by atoms with Crippen LogP contribution >= 0.6 is 0 Å². The highest BCUT2D eigenvalue weighted by Crippen LogP contribution is 2.68. The zero-order valence-electron chi connectivity index (χ0n) is 45.8. The number of aromatic hydroxyl groups is 1. The minimum Gasteiger partial charge on any atom is -0.505 e. The smallest absolute Gasteiger partial charge is 0.303 e. The lowest BCUT2D eigenvalue weighted by Gasteiger charge is -2.58. The lowest BCUT2D eigenvalue weighted by Crippen LogP contribution is -2.50. The number of amides is 1. The van der Waals surface area contributed by atoms with Gasteiger partial charge in [-0.25, -0.2) is 8.78 Å². The van der Waals surface area contributed by atoms with Crippen LogP contribution in [0.5, 0.6) is 5.75 Å². The fourth-order valence-electron chi connectivity index (χ4n) is 15.4. The molecule has 5 aliphatic carbocycles. The molecule has 2 aromatic carbocycles. The van der Waals surface area contributed by atoms with Gasteiger partial charge in [-0.15, -0.1) is 0 Å². The number of phenols is 1. The van der Waals surface area contributed by atoms with Crippen LogP contribution < -0.4 is 10.7 Å². The summed E-state index contributed by atoms with van der Waals surface area (Å²) in [5.41, 5.74) is 3.33. The van der Waals surface area contributed by atoms with E-state index in [9.17, 15) is 43.0 Å². The molecule has 11 heteroatoms. The summed E-state index contributed by atoms with van der Waals surface area (Å²) < 4.78 is 35.1. The van der Waals surface area contributed by atoms with Gasteiger partial charge in [0.15, 0.2) is 23.2 Å². The predicted molar refractivity (Wildman–Crippen MR) is 292 cm³/mol. The van der Waals surface area contributed by atoms with Gasteiger partial charge >= 0.3 is 5.97 Å². The molecule has 3 saturated carbocycles. The number of allylic oxidation sites excluding steroid dienone is 2. The topological polar surface area (TPSA) is 151 Å². The van der Waals surface area contributed by atoms with Crippen molar-refractivity contribution < 1.29 is 42.6 Å². The molecular formula is C64H83F2NO8. The molecule has 8 rings (SSSR count). The van der Waals surface area contributed by atoms with Gasteiger partial charge in [-0.2, -0.15) is 0 Å². The van der Waals surface area contributed by atoms with Crippen molar-refractivity contribution in [3.05, 3.63) is 87.1 Å². The number of carbonyl (C=O) groups is 4. The maximum atomic E-state index is 14.7. The summed E-state index contributed by atoms with van der Waals surface area (Å²) in [4.78, 5) is 63.9. The Labute approximate surface area is 443 Å². The molecule has 0 bridgehead atoms. The minimum atomic E-state index is -1.12. The summed E-state index contributed by atoms with van der Waals surface area (Å²) in [6.45, 7) is 16.8. The molecule has 9 nitrogen and oxygen atoms in total. The third-order valence-electron chi connectivity index (χ3n) is 19.8. The molecule has 0 radical (unpaired) electrons. The number of Topliss-reactive ketones (excluding diaryl/α,β-unsaturated/α-hetero) is 2. The number of unbranched alkanes of at least 4 members (excludes halogenated alkanes) is 2. The van der Waals surface area contributed by atoms with Crippen molar-refractivity contribution in [2.75, 3.05) is 0 Å². The molecule has 3 fully saturated rings. The lowest BCUT2D eigenvalue weighted by molar-refractivity contribution is -0.137. The molecule has 1 heterocycles. The molecule has 3 N–H and O–H groups in total. The number of aryl methyl sites for hydroxylation is 1. The minimum absolute atomic E-state index is 0.00938. The number of hydrogen-bond donors (Lipinski definition) is 3. The van der Waals surface area contributed by atoms with Gasteiger partial charge in [-0.05, 0) is 178 Å². The van der Waals surface area contributed by atoms with Crippen LogP contribution in [0, 0.1) is 76.7 Å². The Kier molecular flexibility index (Phi) is 17.6. The monoisotopic (exact) mass is 1030 g/mol. The first-order valence-corrected chi connectivity index (χ1v) is 28.7. The second kappa shape index (κ2) is 23.6. The Morgan fingerprint density at radius 3 is 2.33 bits per heavy atom. The number of fused-ring (bicyclic) bond motifs is 7. The molecule has 0 aromatic heterocycles. The Morgan fingerprint density at radius 2 is 1.60 bits per heavy atom. The number of benzene rings is 3. The number of hydrogen-bond acceptors (Lipinski definition) is 7. The Balaban J connectivity index is 0.786. The van der Waals surface area contributed by atoms with Crippen LogP contribution in [0.3, 0.4) is 0 Å². The van der Waals surface area contributed by atoms with Gasteiger partial charge in [-0.1, -0.05) is 91.4 Å². The summed E-state index contributed by atoms with van der Waals surface area (Å²) in [7, 11) is 0. The second-order valence-corrected chi connectivity index (χ2v) is 24.6. The van der Waals surface area contributed by atoms with Crippen LogP contribution in [0.4, 0.5) is 8.78 Å². The van der Waals surface area contributed by atoms with Crippen LogP contribution in [0.15, 0.2) is 63.3 Å². The van der Waals surface area contributed by atoms with E-state index in [1.54, 1.807) is 18.6 Å². The van der Waals surface area contributed by atoms with Gasteiger partial charge in [0, 0.05) is 59.9 Å². The number of carboxylic acids is 1. The molecule has 2 aromatic rings. The zero-order valence-corrected chi connectivity index (χ0v) is 45.8.